The lowest BCUT2D eigenvalue weighted by atomic mass is 10.1. The molecule has 0 atom stereocenters. The first kappa shape index (κ1) is 8.88. The second-order valence-corrected chi connectivity index (χ2v) is 3.36. The van der Waals surface area contributed by atoms with Gasteiger partial charge >= 0.3 is 0 Å². The van der Waals surface area contributed by atoms with Crippen LogP contribution in [0.25, 0.3) is 11.3 Å². The summed E-state index contributed by atoms with van der Waals surface area (Å²) in [5, 5.41) is 8.26. The Morgan fingerprint density at radius 1 is 0.929 bits per heavy atom. The molecule has 0 aliphatic rings. The summed E-state index contributed by atoms with van der Waals surface area (Å²) in [5.74, 6) is 0. The SMILES string of the molecule is Cc1cc(-c2ccccc2)nnc1C. The first-order valence-electron chi connectivity index (χ1n) is 4.64. The van der Waals surface area contributed by atoms with E-state index in [1.54, 1.807) is 0 Å². The molecule has 1 aromatic heterocycles. The Labute approximate surface area is 83.6 Å². The smallest absolute Gasteiger partial charge is 0.0932 e. The number of aryl methyl sites for hydroxylation is 2. The van der Waals surface area contributed by atoms with Crippen LogP contribution in [-0.2, 0) is 0 Å². The van der Waals surface area contributed by atoms with Crippen molar-refractivity contribution in [3.05, 3.63) is 47.7 Å². The topological polar surface area (TPSA) is 25.8 Å². The predicted octanol–water partition coefficient (Wildman–Crippen LogP) is 2.76. The second-order valence-electron chi connectivity index (χ2n) is 3.36. The minimum absolute atomic E-state index is 0.939. The fourth-order valence-corrected chi connectivity index (χ4v) is 1.30. The van der Waals surface area contributed by atoms with Crippen LogP contribution < -0.4 is 0 Å². The molecule has 0 amide bonds. The normalized spacial score (nSPS) is 10.1. The van der Waals surface area contributed by atoms with Crippen LogP contribution in [0, 0.1) is 13.8 Å². The quantitative estimate of drug-likeness (QED) is 0.681. The molecule has 0 saturated carbocycles. The van der Waals surface area contributed by atoms with E-state index in [2.05, 4.69) is 23.2 Å². The van der Waals surface area contributed by atoms with Gasteiger partial charge < -0.3 is 0 Å². The highest BCUT2D eigenvalue weighted by atomic mass is 15.1. The number of benzene rings is 1. The molecule has 0 fully saturated rings. The molecule has 2 rings (SSSR count). The van der Waals surface area contributed by atoms with E-state index in [1.807, 2.05) is 37.3 Å². The summed E-state index contributed by atoms with van der Waals surface area (Å²) in [6.45, 7) is 4.02. The molecule has 0 N–H and O–H groups in total. The third kappa shape index (κ3) is 1.64. The van der Waals surface area contributed by atoms with Crippen molar-refractivity contribution >= 4 is 0 Å². The Morgan fingerprint density at radius 3 is 2.29 bits per heavy atom. The third-order valence-corrected chi connectivity index (χ3v) is 2.30. The summed E-state index contributed by atoms with van der Waals surface area (Å²) < 4.78 is 0. The molecule has 1 aromatic carbocycles. The molecule has 0 saturated heterocycles. The zero-order chi connectivity index (χ0) is 9.97. The molecular formula is C12H12N2. The van der Waals surface area contributed by atoms with Gasteiger partial charge in [0.2, 0.25) is 0 Å². The molecular weight excluding hydrogens is 172 g/mol. The van der Waals surface area contributed by atoms with Crippen molar-refractivity contribution in [2.75, 3.05) is 0 Å². The van der Waals surface area contributed by atoms with Crippen molar-refractivity contribution < 1.29 is 0 Å². The fourth-order valence-electron chi connectivity index (χ4n) is 1.30. The van der Waals surface area contributed by atoms with Gasteiger partial charge in [-0.05, 0) is 25.5 Å². The molecule has 1 heterocycles. The maximum Gasteiger partial charge on any atom is 0.0932 e. The molecule has 70 valence electrons. The van der Waals surface area contributed by atoms with Gasteiger partial charge in [-0.1, -0.05) is 30.3 Å². The molecule has 2 nitrogen and oxygen atoms in total. The largest absolute Gasteiger partial charge is 0.155 e. The molecule has 0 aliphatic heterocycles. The van der Waals surface area contributed by atoms with Gasteiger partial charge in [0.15, 0.2) is 0 Å². The van der Waals surface area contributed by atoms with Gasteiger partial charge in [0, 0.05) is 5.56 Å². The highest BCUT2D eigenvalue weighted by molar-refractivity contribution is 5.58. The summed E-state index contributed by atoms with van der Waals surface area (Å²) in [6.07, 6.45) is 0. The zero-order valence-corrected chi connectivity index (χ0v) is 8.36. The Balaban J connectivity index is 2.48. The Kier molecular flexibility index (Phi) is 2.27. The van der Waals surface area contributed by atoms with Gasteiger partial charge in [-0.15, -0.1) is 0 Å². The number of nitrogens with zero attached hydrogens (tertiary/aromatic N) is 2. The number of rotatable bonds is 1. The van der Waals surface area contributed by atoms with Crippen LogP contribution in [0.5, 0.6) is 0 Å². The molecule has 0 bridgehead atoms. The van der Waals surface area contributed by atoms with Crippen molar-refractivity contribution in [1.29, 1.82) is 0 Å². The first-order chi connectivity index (χ1) is 6.77. The highest BCUT2D eigenvalue weighted by Crippen LogP contribution is 2.17. The van der Waals surface area contributed by atoms with E-state index in [0.717, 1.165) is 17.0 Å². The minimum atomic E-state index is 0.939. The standard InChI is InChI=1S/C12H12N2/c1-9-8-12(14-13-10(9)2)11-6-4-3-5-7-11/h3-8H,1-2H3. The average Bonchev–Trinajstić information content (AvgIpc) is 2.23. The van der Waals surface area contributed by atoms with Crippen molar-refractivity contribution in [2.45, 2.75) is 13.8 Å². The van der Waals surface area contributed by atoms with Gasteiger partial charge in [0.1, 0.15) is 0 Å². The van der Waals surface area contributed by atoms with Crippen LogP contribution in [0.1, 0.15) is 11.3 Å². The van der Waals surface area contributed by atoms with Gasteiger partial charge in [-0.25, -0.2) is 0 Å². The lowest BCUT2D eigenvalue weighted by Crippen LogP contribution is -1.93. The number of hydrogen-bond acceptors (Lipinski definition) is 2. The monoisotopic (exact) mass is 184 g/mol. The van der Waals surface area contributed by atoms with Crippen LogP contribution in [0.15, 0.2) is 36.4 Å². The van der Waals surface area contributed by atoms with Crippen molar-refractivity contribution in [3.63, 3.8) is 0 Å². The van der Waals surface area contributed by atoms with Crippen molar-refractivity contribution in [2.24, 2.45) is 0 Å². The van der Waals surface area contributed by atoms with E-state index in [4.69, 9.17) is 0 Å². The lowest BCUT2D eigenvalue weighted by molar-refractivity contribution is 0.968. The van der Waals surface area contributed by atoms with E-state index >= 15 is 0 Å². The van der Waals surface area contributed by atoms with Gasteiger partial charge in [0.05, 0.1) is 11.4 Å². The molecule has 0 unspecified atom stereocenters. The van der Waals surface area contributed by atoms with E-state index < -0.39 is 0 Å². The molecule has 14 heavy (non-hydrogen) atoms. The maximum absolute atomic E-state index is 4.16. The van der Waals surface area contributed by atoms with Crippen LogP contribution in [0.4, 0.5) is 0 Å². The zero-order valence-electron chi connectivity index (χ0n) is 8.36. The molecule has 2 aromatic rings. The molecule has 0 radical (unpaired) electrons. The summed E-state index contributed by atoms with van der Waals surface area (Å²) in [6, 6.07) is 12.2. The minimum Gasteiger partial charge on any atom is -0.155 e. The van der Waals surface area contributed by atoms with Crippen LogP contribution >= 0.6 is 0 Å². The van der Waals surface area contributed by atoms with Gasteiger partial charge in [-0.3, -0.25) is 0 Å². The third-order valence-electron chi connectivity index (χ3n) is 2.30. The highest BCUT2D eigenvalue weighted by Gasteiger charge is 2.00. The first-order valence-corrected chi connectivity index (χ1v) is 4.64. The van der Waals surface area contributed by atoms with E-state index in [1.165, 1.54) is 5.56 Å². The van der Waals surface area contributed by atoms with Gasteiger partial charge in [0.25, 0.3) is 0 Å². The molecule has 0 spiro atoms. The molecule has 0 aliphatic carbocycles. The van der Waals surface area contributed by atoms with Crippen LogP contribution in [-0.4, -0.2) is 10.2 Å². The second kappa shape index (κ2) is 3.58. The predicted molar refractivity (Wildman–Crippen MR) is 56.9 cm³/mol. The Hall–Kier alpha value is -1.70. The summed E-state index contributed by atoms with van der Waals surface area (Å²) in [4.78, 5) is 0. The Bertz CT molecular complexity index is 435. The summed E-state index contributed by atoms with van der Waals surface area (Å²) >= 11 is 0. The average molecular weight is 184 g/mol. The van der Waals surface area contributed by atoms with Crippen molar-refractivity contribution in [1.82, 2.24) is 10.2 Å². The molecule has 2 heteroatoms. The Morgan fingerprint density at radius 2 is 1.64 bits per heavy atom. The van der Waals surface area contributed by atoms with E-state index in [9.17, 15) is 0 Å². The number of aromatic nitrogens is 2. The van der Waals surface area contributed by atoms with E-state index in [-0.39, 0.29) is 0 Å². The number of hydrogen-bond donors (Lipinski definition) is 0. The van der Waals surface area contributed by atoms with Gasteiger partial charge in [-0.2, -0.15) is 10.2 Å². The summed E-state index contributed by atoms with van der Waals surface area (Å²) in [5.41, 5.74) is 4.22. The fraction of sp³-hybridized carbons (Fsp3) is 0.167. The maximum atomic E-state index is 4.16. The summed E-state index contributed by atoms with van der Waals surface area (Å²) in [7, 11) is 0. The van der Waals surface area contributed by atoms with Crippen molar-refractivity contribution in [3.8, 4) is 11.3 Å². The lowest BCUT2D eigenvalue weighted by Gasteiger charge is -2.02. The van der Waals surface area contributed by atoms with E-state index in [0.29, 0.717) is 0 Å². The van der Waals surface area contributed by atoms with Crippen LogP contribution in [0.2, 0.25) is 0 Å². The van der Waals surface area contributed by atoms with Crippen LogP contribution in [0.3, 0.4) is 0 Å².